The molecule has 3 N–H and O–H groups in total. The van der Waals surface area contributed by atoms with Crippen LogP contribution in [0.25, 0.3) is 0 Å². The van der Waals surface area contributed by atoms with Gasteiger partial charge in [-0.2, -0.15) is 0 Å². The van der Waals surface area contributed by atoms with E-state index in [2.05, 4.69) is 15.9 Å². The zero-order valence-electron chi connectivity index (χ0n) is 9.27. The molecule has 0 amide bonds. The molecule has 2 nitrogen and oxygen atoms in total. The highest BCUT2D eigenvalue weighted by Gasteiger charge is 2.32. The summed E-state index contributed by atoms with van der Waals surface area (Å²) in [5, 5.41) is 10.0. The van der Waals surface area contributed by atoms with Crippen LogP contribution in [0.15, 0.2) is 22.7 Å². The number of benzene rings is 1. The van der Waals surface area contributed by atoms with Crippen LogP contribution in [0.2, 0.25) is 0 Å². The van der Waals surface area contributed by atoms with Crippen LogP contribution in [-0.4, -0.2) is 11.2 Å². The Morgan fingerprint density at radius 2 is 2.06 bits per heavy atom. The van der Waals surface area contributed by atoms with Gasteiger partial charge in [-0.25, -0.2) is 4.39 Å². The first-order chi connectivity index (χ1) is 7.61. The Balaban J connectivity index is 0.00000144. The number of hydrogen-bond acceptors (Lipinski definition) is 2. The summed E-state index contributed by atoms with van der Waals surface area (Å²) in [6, 6.07) is 4.07. The second kappa shape index (κ2) is 6.14. The highest BCUT2D eigenvalue weighted by Crippen LogP contribution is 2.36. The predicted octanol–water partition coefficient (Wildman–Crippen LogP) is 3.17. The summed E-state index contributed by atoms with van der Waals surface area (Å²) in [6.07, 6.45) is 2.45. The van der Waals surface area contributed by atoms with Crippen LogP contribution in [0.4, 0.5) is 4.39 Å². The summed E-state index contributed by atoms with van der Waals surface area (Å²) in [5.74, 6) is -0.137. The van der Waals surface area contributed by atoms with Gasteiger partial charge in [-0.15, -0.1) is 12.4 Å². The molecule has 0 radical (unpaired) electrons. The average molecular weight is 325 g/mol. The van der Waals surface area contributed by atoms with E-state index in [9.17, 15) is 9.50 Å². The van der Waals surface area contributed by atoms with E-state index in [1.807, 2.05) is 0 Å². The number of halogens is 3. The van der Waals surface area contributed by atoms with Crippen molar-refractivity contribution < 1.29 is 9.50 Å². The molecule has 0 unspecified atom stereocenters. The van der Waals surface area contributed by atoms with Gasteiger partial charge in [0, 0.05) is 10.0 Å². The minimum atomic E-state index is -0.652. The Morgan fingerprint density at radius 1 is 1.41 bits per heavy atom. The predicted molar refractivity (Wildman–Crippen MR) is 71.6 cm³/mol. The van der Waals surface area contributed by atoms with Crippen LogP contribution in [0, 0.1) is 11.7 Å². The van der Waals surface area contributed by atoms with E-state index in [0.717, 1.165) is 19.3 Å². The number of aliphatic hydroxyl groups is 1. The second-order valence-electron chi connectivity index (χ2n) is 4.34. The molecule has 0 bridgehead atoms. The minimum absolute atomic E-state index is 0. The Bertz CT molecular complexity index is 367. The number of rotatable bonds is 3. The molecule has 1 aromatic rings. The third-order valence-electron chi connectivity index (χ3n) is 3.33. The van der Waals surface area contributed by atoms with Crippen molar-refractivity contribution in [3.63, 3.8) is 0 Å². The van der Waals surface area contributed by atoms with Crippen molar-refractivity contribution in [2.45, 2.75) is 31.4 Å². The van der Waals surface area contributed by atoms with Crippen molar-refractivity contribution in [1.82, 2.24) is 0 Å². The third-order valence-corrected chi connectivity index (χ3v) is 4.03. The Kier molecular flexibility index (Phi) is 5.38. The lowest BCUT2D eigenvalue weighted by atomic mass is 9.77. The Labute approximate surface area is 115 Å². The highest BCUT2D eigenvalue weighted by atomic mass is 79.9. The SMILES string of the molecule is Cl.N[C@H](c1c(F)cccc1Br)[C@@H](O)C1CCC1. The maximum Gasteiger partial charge on any atom is 0.129 e. The topological polar surface area (TPSA) is 46.2 Å². The molecule has 17 heavy (non-hydrogen) atoms. The largest absolute Gasteiger partial charge is 0.391 e. The lowest BCUT2D eigenvalue weighted by molar-refractivity contribution is 0.0403. The van der Waals surface area contributed by atoms with Gasteiger partial charge in [0.25, 0.3) is 0 Å². The summed E-state index contributed by atoms with van der Waals surface area (Å²) < 4.78 is 14.2. The normalized spacial score (nSPS) is 19.1. The molecular weight excluding hydrogens is 308 g/mol. The molecule has 1 saturated carbocycles. The van der Waals surface area contributed by atoms with Crippen molar-refractivity contribution in [3.8, 4) is 0 Å². The Morgan fingerprint density at radius 3 is 2.53 bits per heavy atom. The lowest BCUT2D eigenvalue weighted by Crippen LogP contribution is -2.37. The molecule has 0 aliphatic heterocycles. The fourth-order valence-corrected chi connectivity index (χ4v) is 2.68. The van der Waals surface area contributed by atoms with Gasteiger partial charge in [0.2, 0.25) is 0 Å². The van der Waals surface area contributed by atoms with Crippen molar-refractivity contribution >= 4 is 28.3 Å². The maximum absolute atomic E-state index is 13.6. The van der Waals surface area contributed by atoms with Crippen LogP contribution >= 0.6 is 28.3 Å². The van der Waals surface area contributed by atoms with Crippen molar-refractivity contribution in [2.75, 3.05) is 0 Å². The van der Waals surface area contributed by atoms with E-state index in [0.29, 0.717) is 10.0 Å². The third kappa shape index (κ3) is 2.99. The summed E-state index contributed by atoms with van der Waals surface area (Å²) >= 11 is 3.27. The van der Waals surface area contributed by atoms with E-state index in [-0.39, 0.29) is 24.1 Å². The smallest absolute Gasteiger partial charge is 0.129 e. The average Bonchev–Trinajstić information content (AvgIpc) is 2.14. The van der Waals surface area contributed by atoms with E-state index >= 15 is 0 Å². The van der Waals surface area contributed by atoms with Crippen molar-refractivity contribution in [1.29, 1.82) is 0 Å². The molecule has 1 aliphatic carbocycles. The molecule has 0 aromatic heterocycles. The molecule has 1 aromatic carbocycles. The molecule has 0 saturated heterocycles. The fraction of sp³-hybridized carbons (Fsp3) is 0.500. The molecule has 2 atom stereocenters. The zero-order chi connectivity index (χ0) is 11.7. The molecule has 5 heteroatoms. The van der Waals surface area contributed by atoms with Crippen LogP contribution < -0.4 is 5.73 Å². The van der Waals surface area contributed by atoms with Crippen LogP contribution in [0.1, 0.15) is 30.9 Å². The fourth-order valence-electron chi connectivity index (χ4n) is 2.07. The first-order valence-electron chi connectivity index (χ1n) is 5.49. The molecular formula is C12H16BrClFNO. The van der Waals surface area contributed by atoms with Crippen molar-refractivity contribution in [3.05, 3.63) is 34.1 Å². The van der Waals surface area contributed by atoms with E-state index in [1.54, 1.807) is 12.1 Å². The van der Waals surface area contributed by atoms with Gasteiger partial charge in [0.1, 0.15) is 5.82 Å². The van der Waals surface area contributed by atoms with Crippen LogP contribution in [-0.2, 0) is 0 Å². The van der Waals surface area contributed by atoms with Gasteiger partial charge < -0.3 is 10.8 Å². The van der Waals surface area contributed by atoms with Gasteiger partial charge in [-0.05, 0) is 30.9 Å². The van der Waals surface area contributed by atoms with Gasteiger partial charge in [0.15, 0.2) is 0 Å². The van der Waals surface area contributed by atoms with Gasteiger partial charge in [-0.1, -0.05) is 28.4 Å². The summed E-state index contributed by atoms with van der Waals surface area (Å²) in [4.78, 5) is 0. The summed E-state index contributed by atoms with van der Waals surface area (Å²) in [5.41, 5.74) is 6.31. The zero-order valence-corrected chi connectivity index (χ0v) is 11.7. The van der Waals surface area contributed by atoms with Gasteiger partial charge in [0.05, 0.1) is 12.1 Å². The van der Waals surface area contributed by atoms with E-state index in [1.165, 1.54) is 6.07 Å². The molecule has 96 valence electrons. The molecule has 2 rings (SSSR count). The van der Waals surface area contributed by atoms with E-state index < -0.39 is 12.1 Å². The van der Waals surface area contributed by atoms with Crippen LogP contribution in [0.3, 0.4) is 0 Å². The lowest BCUT2D eigenvalue weighted by Gasteiger charge is -2.34. The Hall–Kier alpha value is -0.160. The van der Waals surface area contributed by atoms with Crippen molar-refractivity contribution in [2.24, 2.45) is 11.7 Å². The summed E-state index contributed by atoms with van der Waals surface area (Å²) in [7, 11) is 0. The second-order valence-corrected chi connectivity index (χ2v) is 5.20. The molecule has 0 spiro atoms. The minimum Gasteiger partial charge on any atom is -0.391 e. The number of aliphatic hydroxyl groups excluding tert-OH is 1. The number of hydrogen-bond donors (Lipinski definition) is 2. The molecule has 1 aliphatic rings. The monoisotopic (exact) mass is 323 g/mol. The molecule has 0 heterocycles. The summed E-state index contributed by atoms with van der Waals surface area (Å²) in [6.45, 7) is 0. The highest BCUT2D eigenvalue weighted by molar-refractivity contribution is 9.10. The van der Waals surface area contributed by atoms with Gasteiger partial charge in [-0.3, -0.25) is 0 Å². The van der Waals surface area contributed by atoms with Crippen LogP contribution in [0.5, 0.6) is 0 Å². The maximum atomic E-state index is 13.6. The van der Waals surface area contributed by atoms with E-state index in [4.69, 9.17) is 5.73 Å². The first kappa shape index (κ1) is 14.9. The standard InChI is InChI=1S/C12H15BrFNO.ClH/c13-8-5-2-6-9(14)10(8)11(15)12(16)7-3-1-4-7;/h2,5-7,11-12,16H,1,3-4,15H2;1H/t11-,12+;/m1./s1. The quantitative estimate of drug-likeness (QED) is 0.897. The first-order valence-corrected chi connectivity index (χ1v) is 6.28. The number of nitrogens with two attached hydrogens (primary N) is 1. The van der Waals surface area contributed by atoms with Gasteiger partial charge >= 0.3 is 0 Å². The molecule has 1 fully saturated rings.